The molecule has 2 rings (SSSR count). The molecule has 20 heavy (non-hydrogen) atoms. The molecule has 3 nitrogen and oxygen atoms in total. The maximum atomic E-state index is 10.5. The highest BCUT2D eigenvalue weighted by Gasteiger charge is 2.41. The summed E-state index contributed by atoms with van der Waals surface area (Å²) < 4.78 is 11.1. The Kier molecular flexibility index (Phi) is 4.45. The Hall–Kier alpha value is -1.39. The van der Waals surface area contributed by atoms with E-state index in [1.54, 1.807) is 6.92 Å². The number of aliphatic hydroxyl groups is 1. The number of benzene rings is 1. The van der Waals surface area contributed by atoms with Gasteiger partial charge in [0.15, 0.2) is 0 Å². The van der Waals surface area contributed by atoms with Gasteiger partial charge in [-0.3, -0.25) is 0 Å². The van der Waals surface area contributed by atoms with Gasteiger partial charge in [-0.1, -0.05) is 36.8 Å². The molecule has 0 unspecified atom stereocenters. The largest absolute Gasteiger partial charge is 0.450 e. The summed E-state index contributed by atoms with van der Waals surface area (Å²) in [5.41, 5.74) is 0.222. The molecular weight excluding hydrogens is 272 g/mol. The molecule has 0 saturated heterocycles. The molecule has 0 amide bonds. The van der Waals surface area contributed by atoms with Gasteiger partial charge in [-0.25, -0.2) is 0 Å². The quantitative estimate of drug-likeness (QED) is 0.669. The summed E-state index contributed by atoms with van der Waals surface area (Å²) in [4.78, 5) is 0. The fraction of sp³-hybridized carbons (Fsp3) is 0.438. The fourth-order valence-electron chi connectivity index (χ4n) is 2.77. The molecule has 3 atom stereocenters. The third kappa shape index (κ3) is 3.58. The minimum absolute atomic E-state index is 0.0429. The number of hydrogen-bond acceptors (Lipinski definition) is 4. The van der Waals surface area contributed by atoms with Crippen LogP contribution in [-0.2, 0) is 4.74 Å². The van der Waals surface area contributed by atoms with Crippen molar-refractivity contribution in [2.45, 2.75) is 38.9 Å². The minimum atomic E-state index is -0.942. The summed E-state index contributed by atoms with van der Waals surface area (Å²) in [7, 11) is 0. The van der Waals surface area contributed by atoms with Crippen molar-refractivity contribution in [2.24, 2.45) is 5.92 Å². The van der Waals surface area contributed by atoms with Crippen LogP contribution in [0.5, 0.6) is 5.75 Å². The molecule has 0 aliphatic heterocycles. The SMILES string of the molecule is CC1=C[C@@H](C)[C@H](OC(=S)Oc2ccccc2)[C@](C)(O)C1. The van der Waals surface area contributed by atoms with Gasteiger partial charge in [0.1, 0.15) is 17.5 Å². The van der Waals surface area contributed by atoms with Crippen LogP contribution in [0.3, 0.4) is 0 Å². The molecule has 0 bridgehead atoms. The highest BCUT2D eigenvalue weighted by atomic mass is 32.1. The summed E-state index contributed by atoms with van der Waals surface area (Å²) >= 11 is 5.13. The van der Waals surface area contributed by atoms with Crippen LogP contribution in [0.4, 0.5) is 0 Å². The first-order chi connectivity index (χ1) is 9.38. The van der Waals surface area contributed by atoms with Crippen molar-refractivity contribution in [1.82, 2.24) is 0 Å². The van der Waals surface area contributed by atoms with Crippen molar-refractivity contribution in [1.29, 1.82) is 0 Å². The second-order valence-electron chi connectivity index (χ2n) is 5.61. The van der Waals surface area contributed by atoms with Gasteiger partial charge >= 0.3 is 5.24 Å². The standard InChI is InChI=1S/C16H20O3S/c1-11-9-12(2)14(16(3,17)10-11)19-15(20)18-13-7-5-4-6-8-13/h4-9,12,14,17H,10H2,1-3H3/t12-,14+,16-/m1/s1. The summed E-state index contributed by atoms with van der Waals surface area (Å²) in [6, 6.07) is 9.25. The van der Waals surface area contributed by atoms with Crippen molar-refractivity contribution < 1.29 is 14.6 Å². The Bertz CT molecular complexity index is 508. The van der Waals surface area contributed by atoms with Crippen molar-refractivity contribution in [3.63, 3.8) is 0 Å². The maximum Gasteiger partial charge on any atom is 0.358 e. The summed E-state index contributed by atoms with van der Waals surface area (Å²) in [5, 5.41) is 10.6. The highest BCUT2D eigenvalue weighted by Crippen LogP contribution is 2.34. The normalized spacial score (nSPS) is 29.5. The zero-order valence-corrected chi connectivity index (χ0v) is 12.8. The van der Waals surface area contributed by atoms with Crippen molar-refractivity contribution in [2.75, 3.05) is 0 Å². The molecule has 0 heterocycles. The van der Waals surface area contributed by atoms with Crippen LogP contribution in [0.25, 0.3) is 0 Å². The molecule has 1 aromatic carbocycles. The summed E-state index contributed by atoms with van der Waals surface area (Å²) in [5.74, 6) is 0.711. The lowest BCUT2D eigenvalue weighted by Gasteiger charge is -2.39. The van der Waals surface area contributed by atoms with Crippen LogP contribution >= 0.6 is 12.2 Å². The fourth-order valence-corrected chi connectivity index (χ4v) is 2.97. The number of thiocarbonyl (C=S) groups is 1. The lowest BCUT2D eigenvalue weighted by Crippen LogP contribution is -2.48. The topological polar surface area (TPSA) is 38.7 Å². The second kappa shape index (κ2) is 5.94. The molecular formula is C16H20O3S. The van der Waals surface area contributed by atoms with E-state index < -0.39 is 11.7 Å². The van der Waals surface area contributed by atoms with Crippen LogP contribution in [0.1, 0.15) is 27.2 Å². The third-order valence-corrected chi connectivity index (χ3v) is 3.62. The molecule has 0 radical (unpaired) electrons. The van der Waals surface area contributed by atoms with Gasteiger partial charge < -0.3 is 14.6 Å². The van der Waals surface area contributed by atoms with Crippen LogP contribution < -0.4 is 4.74 Å². The first-order valence-electron chi connectivity index (χ1n) is 6.71. The zero-order valence-electron chi connectivity index (χ0n) is 12.0. The predicted octanol–water partition coefficient (Wildman–Crippen LogP) is 3.47. The molecule has 0 spiro atoms. The molecule has 1 N–H and O–H groups in total. The van der Waals surface area contributed by atoms with E-state index in [0.717, 1.165) is 5.57 Å². The first-order valence-corrected chi connectivity index (χ1v) is 7.12. The smallest absolute Gasteiger partial charge is 0.358 e. The molecule has 4 heteroatoms. The van der Waals surface area contributed by atoms with Crippen LogP contribution in [0.15, 0.2) is 42.0 Å². The van der Waals surface area contributed by atoms with Crippen LogP contribution in [0.2, 0.25) is 0 Å². The molecule has 1 aromatic rings. The van der Waals surface area contributed by atoms with E-state index in [-0.39, 0.29) is 11.2 Å². The first kappa shape index (κ1) is 15.0. The van der Waals surface area contributed by atoms with Crippen molar-refractivity contribution in [3.05, 3.63) is 42.0 Å². The van der Waals surface area contributed by atoms with Gasteiger partial charge in [0, 0.05) is 24.6 Å². The third-order valence-electron chi connectivity index (χ3n) is 3.44. The number of ether oxygens (including phenoxy) is 2. The molecule has 108 valence electrons. The van der Waals surface area contributed by atoms with E-state index >= 15 is 0 Å². The monoisotopic (exact) mass is 292 g/mol. The molecule has 1 aliphatic rings. The van der Waals surface area contributed by atoms with Crippen molar-refractivity contribution in [3.8, 4) is 5.75 Å². The van der Waals surface area contributed by atoms with Gasteiger partial charge in [0.2, 0.25) is 0 Å². The zero-order chi connectivity index (χ0) is 14.8. The Labute approximate surface area is 125 Å². The predicted molar refractivity (Wildman–Crippen MR) is 82.7 cm³/mol. The molecule has 0 saturated carbocycles. The average Bonchev–Trinajstić information content (AvgIpc) is 2.34. The Balaban J connectivity index is 2.03. The van der Waals surface area contributed by atoms with Gasteiger partial charge in [-0.15, -0.1) is 0 Å². The van der Waals surface area contributed by atoms with Crippen LogP contribution in [-0.4, -0.2) is 22.0 Å². The molecule has 0 aromatic heterocycles. The number of hydrogen-bond donors (Lipinski definition) is 1. The van der Waals surface area contributed by atoms with Gasteiger partial charge in [-0.2, -0.15) is 0 Å². The Morgan fingerprint density at radius 3 is 2.60 bits per heavy atom. The maximum absolute atomic E-state index is 10.5. The van der Waals surface area contributed by atoms with Crippen molar-refractivity contribution >= 4 is 17.5 Å². The van der Waals surface area contributed by atoms with E-state index in [4.69, 9.17) is 21.7 Å². The number of rotatable bonds is 2. The summed E-state index contributed by atoms with van der Waals surface area (Å²) in [6.45, 7) is 5.79. The summed E-state index contributed by atoms with van der Waals surface area (Å²) in [6.07, 6.45) is 2.28. The van der Waals surface area contributed by atoms with Gasteiger partial charge in [0.05, 0.1) is 0 Å². The average molecular weight is 292 g/mol. The second-order valence-corrected chi connectivity index (χ2v) is 5.94. The van der Waals surface area contributed by atoms with Crippen LogP contribution in [0, 0.1) is 5.92 Å². The van der Waals surface area contributed by atoms with E-state index in [9.17, 15) is 5.11 Å². The lowest BCUT2D eigenvalue weighted by molar-refractivity contribution is -0.0801. The highest BCUT2D eigenvalue weighted by molar-refractivity contribution is 7.79. The lowest BCUT2D eigenvalue weighted by atomic mass is 9.78. The minimum Gasteiger partial charge on any atom is -0.450 e. The van der Waals surface area contributed by atoms with E-state index in [0.29, 0.717) is 12.2 Å². The molecule has 0 fully saturated rings. The van der Waals surface area contributed by atoms with Gasteiger partial charge in [0.25, 0.3) is 0 Å². The molecule has 1 aliphatic carbocycles. The van der Waals surface area contributed by atoms with E-state index in [2.05, 4.69) is 6.08 Å². The van der Waals surface area contributed by atoms with E-state index in [1.165, 1.54) is 0 Å². The van der Waals surface area contributed by atoms with Gasteiger partial charge in [-0.05, 0) is 26.0 Å². The Morgan fingerprint density at radius 1 is 1.35 bits per heavy atom. The Morgan fingerprint density at radius 2 is 2.00 bits per heavy atom. The van der Waals surface area contributed by atoms with E-state index in [1.807, 2.05) is 44.2 Å². The number of para-hydroxylation sites is 1.